The van der Waals surface area contributed by atoms with Crippen LogP contribution in [0.25, 0.3) is 0 Å². The van der Waals surface area contributed by atoms with E-state index in [2.05, 4.69) is 25.7 Å². The molecular formula is C12H12N6O2S. The summed E-state index contributed by atoms with van der Waals surface area (Å²) in [5.41, 5.74) is 0.618. The van der Waals surface area contributed by atoms with Crippen LogP contribution in [0.2, 0.25) is 0 Å². The topological polar surface area (TPSA) is 102 Å². The highest BCUT2D eigenvalue weighted by atomic mass is 32.2. The summed E-state index contributed by atoms with van der Waals surface area (Å²) in [4.78, 5) is 32.1. The van der Waals surface area contributed by atoms with Gasteiger partial charge < -0.3 is 5.32 Å². The second-order valence-corrected chi connectivity index (χ2v) is 5.13. The second kappa shape index (κ2) is 5.52. The summed E-state index contributed by atoms with van der Waals surface area (Å²) < 4.78 is 1.45. The Morgan fingerprint density at radius 3 is 2.95 bits per heavy atom. The van der Waals surface area contributed by atoms with Crippen molar-refractivity contribution in [2.75, 3.05) is 16.9 Å². The van der Waals surface area contributed by atoms with Crippen molar-refractivity contribution in [3.63, 3.8) is 0 Å². The second-order valence-electron chi connectivity index (χ2n) is 4.36. The van der Waals surface area contributed by atoms with Crippen LogP contribution in [0.1, 0.15) is 12.5 Å². The van der Waals surface area contributed by atoms with Gasteiger partial charge in [0.1, 0.15) is 6.04 Å². The third kappa shape index (κ3) is 2.72. The van der Waals surface area contributed by atoms with Crippen LogP contribution < -0.4 is 10.6 Å². The number of carbonyl (C=O) groups excluding carboxylic acids is 2. The van der Waals surface area contributed by atoms with E-state index in [0.717, 1.165) is 0 Å². The predicted molar refractivity (Wildman–Crippen MR) is 77.0 cm³/mol. The maximum Gasteiger partial charge on any atom is 0.249 e. The zero-order valence-corrected chi connectivity index (χ0v) is 11.9. The molecule has 21 heavy (non-hydrogen) atoms. The van der Waals surface area contributed by atoms with Gasteiger partial charge in [0.15, 0.2) is 0 Å². The summed E-state index contributed by atoms with van der Waals surface area (Å²) in [5.74, 6) is -0.266. The van der Waals surface area contributed by atoms with E-state index in [4.69, 9.17) is 0 Å². The number of hydrogen-bond donors (Lipinski definition) is 2. The number of carbonyl (C=O) groups is 2. The van der Waals surface area contributed by atoms with Crippen molar-refractivity contribution >= 4 is 35.2 Å². The van der Waals surface area contributed by atoms with Crippen LogP contribution >= 0.6 is 11.8 Å². The first-order chi connectivity index (χ1) is 10.2. The maximum absolute atomic E-state index is 12.4. The third-order valence-corrected chi connectivity index (χ3v) is 3.51. The molecule has 2 N–H and O–H groups in total. The molecule has 0 spiro atoms. The van der Waals surface area contributed by atoms with Gasteiger partial charge in [0.25, 0.3) is 0 Å². The van der Waals surface area contributed by atoms with Crippen LogP contribution in [-0.2, 0) is 9.59 Å². The van der Waals surface area contributed by atoms with E-state index in [1.807, 2.05) is 6.26 Å². The number of thioether (sulfide) groups is 1. The molecule has 8 nitrogen and oxygen atoms in total. The number of aromatic nitrogens is 4. The van der Waals surface area contributed by atoms with Gasteiger partial charge >= 0.3 is 0 Å². The maximum atomic E-state index is 12.4. The fourth-order valence-electron chi connectivity index (χ4n) is 2.00. The van der Waals surface area contributed by atoms with Crippen LogP contribution in [0, 0.1) is 0 Å². The Kier molecular flexibility index (Phi) is 3.57. The fraction of sp³-hybridized carbons (Fsp3) is 0.250. The Balaban J connectivity index is 1.86. The zero-order chi connectivity index (χ0) is 14.8. The van der Waals surface area contributed by atoms with Crippen molar-refractivity contribution in [3.8, 4) is 0 Å². The van der Waals surface area contributed by atoms with Gasteiger partial charge in [0.2, 0.25) is 22.9 Å². The van der Waals surface area contributed by atoms with Gasteiger partial charge in [-0.15, -0.1) is 5.10 Å². The molecule has 0 radical (unpaired) electrons. The predicted octanol–water partition coefficient (Wildman–Crippen LogP) is 0.917. The first-order valence-corrected chi connectivity index (χ1v) is 7.41. The number of rotatable bonds is 3. The molecule has 1 atom stereocenters. The molecule has 0 unspecified atom stereocenters. The molecule has 0 fully saturated rings. The van der Waals surface area contributed by atoms with E-state index in [0.29, 0.717) is 16.8 Å². The van der Waals surface area contributed by atoms with Crippen LogP contribution in [0.3, 0.4) is 0 Å². The fourth-order valence-corrected chi connectivity index (χ4v) is 2.34. The lowest BCUT2D eigenvalue weighted by Gasteiger charge is -2.22. The van der Waals surface area contributed by atoms with Gasteiger partial charge in [-0.3, -0.25) is 19.9 Å². The number of fused-ring (bicyclic) bond motifs is 1. The van der Waals surface area contributed by atoms with Gasteiger partial charge in [-0.2, -0.15) is 4.98 Å². The first kappa shape index (κ1) is 13.6. The Hall–Kier alpha value is -2.42. The first-order valence-electron chi connectivity index (χ1n) is 6.18. The normalized spacial score (nSPS) is 17.0. The molecule has 2 amide bonds. The van der Waals surface area contributed by atoms with E-state index in [-0.39, 0.29) is 18.2 Å². The Labute approximate surface area is 124 Å². The molecule has 2 aromatic heterocycles. The minimum Gasteiger partial charge on any atom is -0.324 e. The monoisotopic (exact) mass is 304 g/mol. The lowest BCUT2D eigenvalue weighted by Crippen LogP contribution is -2.36. The lowest BCUT2D eigenvalue weighted by molar-refractivity contribution is -0.125. The molecule has 3 rings (SSSR count). The highest BCUT2D eigenvalue weighted by Crippen LogP contribution is 2.26. The highest BCUT2D eigenvalue weighted by molar-refractivity contribution is 7.98. The van der Waals surface area contributed by atoms with E-state index < -0.39 is 6.04 Å². The van der Waals surface area contributed by atoms with Crippen molar-refractivity contribution in [2.24, 2.45) is 0 Å². The molecule has 0 bridgehead atoms. The molecule has 1 aliphatic rings. The summed E-state index contributed by atoms with van der Waals surface area (Å²) in [6, 6.07) is 2.64. The molecule has 108 valence electrons. The highest BCUT2D eigenvalue weighted by Gasteiger charge is 2.33. The van der Waals surface area contributed by atoms with Crippen LogP contribution in [0.4, 0.5) is 11.6 Å². The van der Waals surface area contributed by atoms with Gasteiger partial charge in [-0.05, 0) is 18.4 Å². The lowest BCUT2D eigenvalue weighted by atomic mass is 10.1. The number of anilines is 2. The van der Waals surface area contributed by atoms with Gasteiger partial charge in [0.05, 0.1) is 6.42 Å². The van der Waals surface area contributed by atoms with Crippen molar-refractivity contribution in [1.29, 1.82) is 0 Å². The molecule has 2 aromatic rings. The molecular weight excluding hydrogens is 292 g/mol. The molecule has 0 aliphatic carbocycles. The zero-order valence-electron chi connectivity index (χ0n) is 11.1. The Bertz CT molecular complexity index is 686. The van der Waals surface area contributed by atoms with E-state index >= 15 is 0 Å². The van der Waals surface area contributed by atoms with Crippen LogP contribution in [0.5, 0.6) is 0 Å². The summed E-state index contributed by atoms with van der Waals surface area (Å²) in [5, 5.41) is 10.1. The number of nitrogens with zero attached hydrogens (tertiary/aromatic N) is 4. The third-order valence-electron chi connectivity index (χ3n) is 2.97. The summed E-state index contributed by atoms with van der Waals surface area (Å²) >= 11 is 1.35. The summed E-state index contributed by atoms with van der Waals surface area (Å²) in [6.45, 7) is 0. The molecule has 0 saturated heterocycles. The molecule has 0 saturated carbocycles. The number of pyridine rings is 1. The molecule has 1 aliphatic heterocycles. The minimum absolute atomic E-state index is 0.0289. The van der Waals surface area contributed by atoms with E-state index in [1.54, 1.807) is 24.5 Å². The summed E-state index contributed by atoms with van der Waals surface area (Å²) in [6.07, 6.45) is 5.02. The standard InChI is InChI=1S/C12H12N6O2S/c1-21-12-16-11-15-9(19)6-8(18(11)17-12)10(20)14-7-2-4-13-5-3-7/h2-5,8H,6H2,1H3,(H,13,14,20)(H,15,16,17,19)/t8-/m0/s1. The number of amides is 2. The quantitative estimate of drug-likeness (QED) is 0.817. The van der Waals surface area contributed by atoms with Crippen molar-refractivity contribution < 1.29 is 9.59 Å². The van der Waals surface area contributed by atoms with E-state index in [9.17, 15) is 9.59 Å². The number of hydrogen-bond acceptors (Lipinski definition) is 6. The van der Waals surface area contributed by atoms with Crippen molar-refractivity contribution in [3.05, 3.63) is 24.5 Å². The Morgan fingerprint density at radius 1 is 1.48 bits per heavy atom. The van der Waals surface area contributed by atoms with Crippen molar-refractivity contribution in [1.82, 2.24) is 19.7 Å². The van der Waals surface area contributed by atoms with Gasteiger partial charge in [-0.25, -0.2) is 4.68 Å². The molecule has 9 heteroatoms. The van der Waals surface area contributed by atoms with Crippen LogP contribution in [0.15, 0.2) is 29.7 Å². The minimum atomic E-state index is -0.713. The SMILES string of the molecule is CSc1nc2n(n1)[C@H](C(=O)Nc1ccncc1)CC(=O)N2. The van der Waals surface area contributed by atoms with Gasteiger partial charge in [0, 0.05) is 18.1 Å². The van der Waals surface area contributed by atoms with Crippen molar-refractivity contribution in [2.45, 2.75) is 17.6 Å². The van der Waals surface area contributed by atoms with E-state index in [1.165, 1.54) is 16.4 Å². The van der Waals surface area contributed by atoms with Gasteiger partial charge in [-0.1, -0.05) is 11.8 Å². The number of nitrogens with one attached hydrogen (secondary N) is 2. The van der Waals surface area contributed by atoms with Crippen LogP contribution in [-0.4, -0.2) is 37.8 Å². The Morgan fingerprint density at radius 2 is 2.24 bits per heavy atom. The smallest absolute Gasteiger partial charge is 0.249 e. The average molecular weight is 304 g/mol. The molecule has 3 heterocycles. The summed E-state index contributed by atoms with van der Waals surface area (Å²) in [7, 11) is 0. The molecule has 0 aromatic carbocycles. The largest absolute Gasteiger partial charge is 0.324 e. The average Bonchev–Trinajstić information content (AvgIpc) is 2.90.